The Morgan fingerprint density at radius 3 is 2.80 bits per heavy atom. The van der Waals surface area contributed by atoms with E-state index < -0.39 is 0 Å². The van der Waals surface area contributed by atoms with Gasteiger partial charge in [0.2, 0.25) is 0 Å². The Morgan fingerprint density at radius 2 is 2.40 bits per heavy atom. The number of nitrogens with one attached hydrogen (secondary N) is 1. The summed E-state index contributed by atoms with van der Waals surface area (Å²) in [5, 5.41) is 2.83. The van der Waals surface area contributed by atoms with E-state index in [0.29, 0.717) is 6.54 Å². The van der Waals surface area contributed by atoms with Crippen molar-refractivity contribution < 1.29 is 4.79 Å². The summed E-state index contributed by atoms with van der Waals surface area (Å²) in [6.07, 6.45) is 3.20. The quantitative estimate of drug-likeness (QED) is 0.572. The molecule has 1 aliphatic heterocycles. The summed E-state index contributed by atoms with van der Waals surface area (Å²) in [6, 6.07) is 0. The second kappa shape index (κ2) is 3.82. The molecule has 1 N–H and O–H groups in total. The highest BCUT2D eigenvalue weighted by Crippen LogP contribution is 1.91. The number of carbonyl (C=O) groups is 1. The van der Waals surface area contributed by atoms with E-state index in [-0.39, 0.29) is 13.2 Å². The number of aliphatic imine (C=N–C) groups is 1. The van der Waals surface area contributed by atoms with Crippen LogP contribution >= 0.6 is 0 Å². The van der Waals surface area contributed by atoms with Crippen LogP contribution in [-0.2, 0) is 4.79 Å². The molecule has 0 bridgehead atoms. The molecule has 0 saturated heterocycles. The predicted molar refractivity (Wildman–Crippen MR) is 42.2 cm³/mol. The zero-order valence-electron chi connectivity index (χ0n) is 5.22. The minimum Gasteiger partial charge on any atom is -0.387 e. The normalized spacial score (nSPS) is 15.7. The van der Waals surface area contributed by atoms with Gasteiger partial charge in [0.25, 0.3) is 0 Å². The fourth-order valence-electron chi connectivity index (χ4n) is 0.627. The maximum atomic E-state index is 10.6. The molecule has 0 amide bonds. The van der Waals surface area contributed by atoms with Crippen molar-refractivity contribution in [2.45, 2.75) is 7.43 Å². The third-order valence-corrected chi connectivity index (χ3v) is 1.08. The first-order chi connectivity index (χ1) is 4.33. The fraction of sp³-hybridized carbons (Fsp3) is 0.429. The summed E-state index contributed by atoms with van der Waals surface area (Å²) in [6.45, 7) is 0.297. The van der Waals surface area contributed by atoms with Gasteiger partial charge in [-0.05, 0) is 0 Å². The largest absolute Gasteiger partial charge is 0.387 e. The lowest BCUT2D eigenvalue weighted by atomic mass is 10.3. The van der Waals surface area contributed by atoms with Gasteiger partial charge in [-0.1, -0.05) is 7.43 Å². The molecule has 0 spiro atoms. The minimum absolute atomic E-state index is 0. The van der Waals surface area contributed by atoms with Crippen LogP contribution in [0.2, 0.25) is 0 Å². The number of allylic oxidation sites excluding steroid dienone is 1. The van der Waals surface area contributed by atoms with Crippen LogP contribution < -0.4 is 5.32 Å². The first kappa shape index (κ1) is 8.88. The maximum Gasteiger partial charge on any atom is 0.179 e. The van der Waals surface area contributed by atoms with Gasteiger partial charge in [-0.3, -0.25) is 9.79 Å². The lowest BCUT2D eigenvalue weighted by Gasteiger charge is -2.02. The molecule has 1 heterocycles. The first-order valence-corrected chi connectivity index (χ1v) is 2.75. The van der Waals surface area contributed by atoms with Gasteiger partial charge in [0.1, 0.15) is 6.54 Å². The third-order valence-electron chi connectivity index (χ3n) is 1.08. The van der Waals surface area contributed by atoms with E-state index in [2.05, 4.69) is 10.3 Å². The number of hydrogen-bond donors (Lipinski definition) is 1. The number of dihydropyridines is 1. The van der Waals surface area contributed by atoms with Gasteiger partial charge in [-0.2, -0.15) is 0 Å². The third kappa shape index (κ3) is 2.01. The van der Waals surface area contributed by atoms with Crippen LogP contribution in [0.4, 0.5) is 0 Å². The molecular weight excluding hydrogens is 128 g/mol. The molecule has 3 nitrogen and oxygen atoms in total. The molecule has 10 heavy (non-hydrogen) atoms. The zero-order chi connectivity index (χ0) is 6.69. The molecule has 0 aromatic rings. The average molecular weight is 140 g/mol. The molecule has 0 atom stereocenters. The summed E-state index contributed by atoms with van der Waals surface area (Å²) in [7, 11) is 1.76. The Labute approximate surface area is 60.8 Å². The summed E-state index contributed by atoms with van der Waals surface area (Å²) in [4.78, 5) is 14.4. The second-order valence-corrected chi connectivity index (χ2v) is 1.79. The number of nitrogens with zero attached hydrogens (tertiary/aromatic N) is 1. The van der Waals surface area contributed by atoms with Crippen molar-refractivity contribution in [3.63, 3.8) is 0 Å². The van der Waals surface area contributed by atoms with Crippen LogP contribution in [0.25, 0.3) is 0 Å². The van der Waals surface area contributed by atoms with Crippen LogP contribution in [-0.4, -0.2) is 25.6 Å². The molecular formula is C7H12N2O. The summed E-state index contributed by atoms with van der Waals surface area (Å²) in [5.74, 6) is 0.0573. The van der Waals surface area contributed by atoms with Crippen LogP contribution in [0.1, 0.15) is 7.43 Å². The lowest BCUT2D eigenvalue weighted by Crippen LogP contribution is -2.15. The highest BCUT2D eigenvalue weighted by atomic mass is 16.1. The number of carbonyl (C=O) groups excluding carboxylic acids is 1. The molecule has 0 aromatic carbocycles. The Morgan fingerprint density at radius 1 is 1.70 bits per heavy atom. The molecule has 1 rings (SSSR count). The lowest BCUT2D eigenvalue weighted by molar-refractivity contribution is -0.113. The van der Waals surface area contributed by atoms with Crippen molar-refractivity contribution in [1.29, 1.82) is 0 Å². The number of rotatable bonds is 1. The van der Waals surface area contributed by atoms with Crippen LogP contribution in [0.5, 0.6) is 0 Å². The molecule has 1 aliphatic rings. The molecule has 0 aromatic heterocycles. The molecule has 0 radical (unpaired) electrons. The number of hydrogen-bond acceptors (Lipinski definition) is 3. The van der Waals surface area contributed by atoms with Crippen molar-refractivity contribution in [1.82, 2.24) is 5.32 Å². The van der Waals surface area contributed by atoms with E-state index in [9.17, 15) is 4.79 Å². The van der Waals surface area contributed by atoms with Gasteiger partial charge in [0, 0.05) is 19.3 Å². The SMILES string of the molecule is C.CNC1=CC(=O)CN=C1. The predicted octanol–water partition coefficient (Wildman–Crippen LogP) is 0.379. The molecule has 3 heteroatoms. The molecule has 0 aliphatic carbocycles. The van der Waals surface area contributed by atoms with E-state index in [4.69, 9.17) is 0 Å². The molecule has 56 valence electrons. The molecule has 0 unspecified atom stereocenters. The van der Waals surface area contributed by atoms with Crippen molar-refractivity contribution in [3.8, 4) is 0 Å². The summed E-state index contributed by atoms with van der Waals surface area (Å²) >= 11 is 0. The van der Waals surface area contributed by atoms with Gasteiger partial charge >= 0.3 is 0 Å². The van der Waals surface area contributed by atoms with Crippen molar-refractivity contribution in [3.05, 3.63) is 11.8 Å². The van der Waals surface area contributed by atoms with Crippen LogP contribution in [0.15, 0.2) is 16.8 Å². The summed E-state index contributed by atoms with van der Waals surface area (Å²) in [5.41, 5.74) is 0.784. The first-order valence-electron chi connectivity index (χ1n) is 2.75. The molecule has 0 fully saturated rings. The van der Waals surface area contributed by atoms with Gasteiger partial charge in [-0.25, -0.2) is 0 Å². The average Bonchev–Trinajstić information content (AvgIpc) is 1.88. The van der Waals surface area contributed by atoms with Gasteiger partial charge in [-0.15, -0.1) is 0 Å². The van der Waals surface area contributed by atoms with E-state index in [1.54, 1.807) is 19.3 Å². The zero-order valence-corrected chi connectivity index (χ0v) is 5.22. The Hall–Kier alpha value is -1.12. The Kier molecular flexibility index (Phi) is 3.39. The van der Waals surface area contributed by atoms with Crippen LogP contribution in [0, 0.1) is 0 Å². The monoisotopic (exact) mass is 140 g/mol. The highest BCUT2D eigenvalue weighted by Gasteiger charge is 2.01. The second-order valence-electron chi connectivity index (χ2n) is 1.79. The molecule has 0 saturated carbocycles. The van der Waals surface area contributed by atoms with Gasteiger partial charge in [0.15, 0.2) is 5.78 Å². The van der Waals surface area contributed by atoms with Gasteiger partial charge < -0.3 is 5.32 Å². The van der Waals surface area contributed by atoms with Crippen LogP contribution in [0.3, 0.4) is 0 Å². The van der Waals surface area contributed by atoms with E-state index in [0.717, 1.165) is 5.70 Å². The fourth-order valence-corrected chi connectivity index (χ4v) is 0.627. The Bertz CT molecular complexity index is 182. The highest BCUT2D eigenvalue weighted by molar-refractivity contribution is 6.00. The van der Waals surface area contributed by atoms with E-state index in [1.165, 1.54) is 0 Å². The van der Waals surface area contributed by atoms with E-state index >= 15 is 0 Å². The Balaban J connectivity index is 0.000000810. The standard InChI is InChI=1S/C6H8N2O.CH4/c1-7-5-2-6(9)4-8-3-5;/h2-3,7H,4H2,1H3;1H4. The van der Waals surface area contributed by atoms with Crippen molar-refractivity contribution in [2.24, 2.45) is 4.99 Å². The minimum atomic E-state index is 0. The van der Waals surface area contributed by atoms with Crippen molar-refractivity contribution in [2.75, 3.05) is 13.6 Å². The van der Waals surface area contributed by atoms with E-state index in [1.807, 2.05) is 0 Å². The number of ketones is 1. The smallest absolute Gasteiger partial charge is 0.179 e. The maximum absolute atomic E-state index is 10.6. The topological polar surface area (TPSA) is 41.5 Å². The van der Waals surface area contributed by atoms with Gasteiger partial charge in [0.05, 0.1) is 5.70 Å². The summed E-state index contributed by atoms with van der Waals surface area (Å²) < 4.78 is 0. The van der Waals surface area contributed by atoms with Crippen molar-refractivity contribution >= 4 is 12.0 Å².